The van der Waals surface area contributed by atoms with Gasteiger partial charge >= 0.3 is 0 Å². The number of carbonyl (C=O) groups is 1. The van der Waals surface area contributed by atoms with E-state index in [1.807, 2.05) is 31.0 Å². The van der Waals surface area contributed by atoms with Gasteiger partial charge in [-0.3, -0.25) is 9.69 Å². The second kappa shape index (κ2) is 7.75. The molecule has 0 bridgehead atoms. The average Bonchev–Trinajstić information content (AvgIpc) is 2.43. The van der Waals surface area contributed by atoms with E-state index in [2.05, 4.69) is 10.6 Å². The van der Waals surface area contributed by atoms with Crippen LogP contribution in [-0.2, 0) is 9.53 Å². The molecule has 0 aliphatic carbocycles. The Balaban J connectivity index is 1.81. The smallest absolute Gasteiger partial charge is 0.238 e. The van der Waals surface area contributed by atoms with E-state index in [1.54, 1.807) is 6.07 Å². The molecule has 1 aliphatic heterocycles. The first-order chi connectivity index (χ1) is 10.0. The minimum Gasteiger partial charge on any atom is -0.374 e. The van der Waals surface area contributed by atoms with Gasteiger partial charge in [-0.2, -0.15) is 0 Å². The first-order valence-electron chi connectivity index (χ1n) is 7.11. The summed E-state index contributed by atoms with van der Waals surface area (Å²) in [5, 5.41) is 6.79. The fourth-order valence-corrected chi connectivity index (χ4v) is 2.49. The standard InChI is InChI=1S/C15H22ClN3O2/c1-11-3-4-12(16)7-14(11)18-15(20)10-19(2)9-13-8-17-5-6-21-13/h3-4,7,13,17H,5-6,8-10H2,1-2H3,(H,18,20). The topological polar surface area (TPSA) is 53.6 Å². The molecule has 21 heavy (non-hydrogen) atoms. The molecule has 1 unspecified atom stereocenters. The number of ether oxygens (including phenoxy) is 1. The van der Waals surface area contributed by atoms with Crippen LogP contribution in [0.1, 0.15) is 5.56 Å². The molecule has 1 saturated heterocycles. The van der Waals surface area contributed by atoms with Crippen molar-refractivity contribution >= 4 is 23.2 Å². The third kappa shape index (κ3) is 5.28. The van der Waals surface area contributed by atoms with Crippen molar-refractivity contribution < 1.29 is 9.53 Å². The van der Waals surface area contributed by atoms with Crippen LogP contribution in [0.5, 0.6) is 0 Å². The highest BCUT2D eigenvalue weighted by Crippen LogP contribution is 2.20. The molecule has 5 nitrogen and oxygen atoms in total. The summed E-state index contributed by atoms with van der Waals surface area (Å²) in [7, 11) is 1.92. The molecule has 1 aromatic carbocycles. The normalized spacial score (nSPS) is 18.8. The number of morpholine rings is 1. The van der Waals surface area contributed by atoms with Gasteiger partial charge in [0.15, 0.2) is 0 Å². The minimum atomic E-state index is -0.0494. The van der Waals surface area contributed by atoms with Gasteiger partial charge in [-0.1, -0.05) is 17.7 Å². The lowest BCUT2D eigenvalue weighted by Gasteiger charge is -2.27. The van der Waals surface area contributed by atoms with E-state index in [0.29, 0.717) is 11.6 Å². The molecule has 0 spiro atoms. The van der Waals surface area contributed by atoms with Crippen molar-refractivity contribution in [2.45, 2.75) is 13.0 Å². The Kier molecular flexibility index (Phi) is 5.99. The number of nitrogens with zero attached hydrogens (tertiary/aromatic N) is 1. The molecule has 116 valence electrons. The van der Waals surface area contributed by atoms with E-state index in [9.17, 15) is 4.79 Å². The number of hydrogen-bond acceptors (Lipinski definition) is 4. The fraction of sp³-hybridized carbons (Fsp3) is 0.533. The highest BCUT2D eigenvalue weighted by atomic mass is 35.5. The quantitative estimate of drug-likeness (QED) is 0.865. The van der Waals surface area contributed by atoms with E-state index < -0.39 is 0 Å². The van der Waals surface area contributed by atoms with E-state index in [-0.39, 0.29) is 12.0 Å². The van der Waals surface area contributed by atoms with Crippen LogP contribution in [0, 0.1) is 6.92 Å². The van der Waals surface area contributed by atoms with Gasteiger partial charge < -0.3 is 15.4 Å². The lowest BCUT2D eigenvalue weighted by atomic mass is 10.2. The van der Waals surface area contributed by atoms with Crippen LogP contribution in [0.3, 0.4) is 0 Å². The van der Waals surface area contributed by atoms with E-state index >= 15 is 0 Å². The molecule has 0 aromatic heterocycles. The summed E-state index contributed by atoms with van der Waals surface area (Å²) >= 11 is 5.95. The second-order valence-corrected chi connectivity index (χ2v) is 5.84. The molecule has 1 fully saturated rings. The maximum absolute atomic E-state index is 12.1. The van der Waals surface area contributed by atoms with Crippen LogP contribution in [-0.4, -0.2) is 56.7 Å². The van der Waals surface area contributed by atoms with E-state index in [1.165, 1.54) is 0 Å². The Morgan fingerprint density at radius 2 is 2.38 bits per heavy atom. The summed E-state index contributed by atoms with van der Waals surface area (Å²) in [6.07, 6.45) is 0.143. The summed E-state index contributed by atoms with van der Waals surface area (Å²) in [6.45, 7) is 5.46. The highest BCUT2D eigenvalue weighted by molar-refractivity contribution is 6.31. The van der Waals surface area contributed by atoms with E-state index in [0.717, 1.165) is 37.5 Å². The highest BCUT2D eigenvalue weighted by Gasteiger charge is 2.17. The molecule has 1 aromatic rings. The van der Waals surface area contributed by atoms with E-state index in [4.69, 9.17) is 16.3 Å². The average molecular weight is 312 g/mol. The van der Waals surface area contributed by atoms with Crippen molar-refractivity contribution in [3.05, 3.63) is 28.8 Å². The maximum Gasteiger partial charge on any atom is 0.238 e. The van der Waals surface area contributed by atoms with Gasteiger partial charge in [-0.25, -0.2) is 0 Å². The van der Waals surface area contributed by atoms with Gasteiger partial charge in [0.05, 0.1) is 19.3 Å². The molecule has 6 heteroatoms. The van der Waals surface area contributed by atoms with Crippen molar-refractivity contribution in [2.24, 2.45) is 0 Å². The van der Waals surface area contributed by atoms with Crippen molar-refractivity contribution in [3.63, 3.8) is 0 Å². The summed E-state index contributed by atoms with van der Waals surface area (Å²) in [4.78, 5) is 14.0. The molecule has 1 amide bonds. The molecule has 1 aliphatic rings. The summed E-state index contributed by atoms with van der Waals surface area (Å²) in [6, 6.07) is 5.47. The Morgan fingerprint density at radius 1 is 1.57 bits per heavy atom. The number of halogens is 1. The molecular formula is C15H22ClN3O2. The van der Waals surface area contributed by atoms with Gasteiger partial charge in [0.1, 0.15) is 0 Å². The molecule has 2 N–H and O–H groups in total. The number of carbonyl (C=O) groups excluding carboxylic acids is 1. The number of amides is 1. The zero-order valence-electron chi connectivity index (χ0n) is 12.5. The number of benzene rings is 1. The van der Waals surface area contributed by atoms with Gasteiger partial charge in [0.25, 0.3) is 0 Å². The number of likely N-dealkylation sites (N-methyl/N-ethyl adjacent to an activating group) is 1. The third-order valence-electron chi connectivity index (χ3n) is 3.41. The first kappa shape index (κ1) is 16.2. The second-order valence-electron chi connectivity index (χ2n) is 5.40. The first-order valence-corrected chi connectivity index (χ1v) is 7.49. The van der Waals surface area contributed by atoms with Gasteiger partial charge in [-0.05, 0) is 31.7 Å². The van der Waals surface area contributed by atoms with Crippen LogP contribution in [0.4, 0.5) is 5.69 Å². The Morgan fingerprint density at radius 3 is 3.10 bits per heavy atom. The SMILES string of the molecule is Cc1ccc(Cl)cc1NC(=O)CN(C)CC1CNCCO1. The zero-order valence-corrected chi connectivity index (χ0v) is 13.2. The molecular weight excluding hydrogens is 290 g/mol. The van der Waals surface area contributed by atoms with Gasteiger partial charge in [-0.15, -0.1) is 0 Å². The minimum absolute atomic E-state index is 0.0494. The molecule has 0 radical (unpaired) electrons. The van der Waals surface area contributed by atoms with Crippen molar-refractivity contribution in [2.75, 3.05) is 45.2 Å². The van der Waals surface area contributed by atoms with Gasteiger partial charge in [0, 0.05) is 30.3 Å². The maximum atomic E-state index is 12.1. The summed E-state index contributed by atoms with van der Waals surface area (Å²) in [5.74, 6) is -0.0494. The summed E-state index contributed by atoms with van der Waals surface area (Å²) in [5.41, 5.74) is 1.76. The van der Waals surface area contributed by atoms with Crippen molar-refractivity contribution in [1.29, 1.82) is 0 Å². The predicted octanol–water partition coefficient (Wildman–Crippen LogP) is 1.51. The number of nitrogens with one attached hydrogen (secondary N) is 2. The Hall–Kier alpha value is -1.14. The number of rotatable bonds is 5. The lowest BCUT2D eigenvalue weighted by molar-refractivity contribution is -0.117. The van der Waals surface area contributed by atoms with Crippen LogP contribution < -0.4 is 10.6 Å². The number of anilines is 1. The lowest BCUT2D eigenvalue weighted by Crippen LogP contribution is -2.45. The van der Waals surface area contributed by atoms with Crippen molar-refractivity contribution in [3.8, 4) is 0 Å². The molecule has 0 saturated carbocycles. The largest absolute Gasteiger partial charge is 0.374 e. The van der Waals surface area contributed by atoms with Crippen LogP contribution in [0.15, 0.2) is 18.2 Å². The zero-order chi connectivity index (χ0) is 15.2. The molecule has 1 atom stereocenters. The number of aryl methyl sites for hydroxylation is 1. The molecule has 2 rings (SSSR count). The van der Waals surface area contributed by atoms with Crippen LogP contribution in [0.25, 0.3) is 0 Å². The predicted molar refractivity (Wildman–Crippen MR) is 84.9 cm³/mol. The van der Waals surface area contributed by atoms with Crippen LogP contribution >= 0.6 is 11.6 Å². The molecule has 1 heterocycles. The van der Waals surface area contributed by atoms with Gasteiger partial charge in [0.2, 0.25) is 5.91 Å². The summed E-state index contributed by atoms with van der Waals surface area (Å²) < 4.78 is 5.63. The monoisotopic (exact) mass is 311 g/mol. The van der Waals surface area contributed by atoms with Crippen LogP contribution in [0.2, 0.25) is 5.02 Å². The van der Waals surface area contributed by atoms with Crippen molar-refractivity contribution in [1.82, 2.24) is 10.2 Å². The fourth-order valence-electron chi connectivity index (χ4n) is 2.31. The Labute approximate surface area is 130 Å². The third-order valence-corrected chi connectivity index (χ3v) is 3.64. The number of hydrogen-bond donors (Lipinski definition) is 2. The Bertz CT molecular complexity index is 490.